The third kappa shape index (κ3) is 6.25. The van der Waals surface area contributed by atoms with Crippen LogP contribution in [-0.4, -0.2) is 67.2 Å². The number of likely N-dealkylation sites (tertiary alicyclic amines) is 1. The van der Waals surface area contributed by atoms with Crippen molar-refractivity contribution in [3.05, 3.63) is 72.9 Å². The first-order valence-electron chi connectivity index (χ1n) is 16.8. The van der Waals surface area contributed by atoms with Gasteiger partial charge in [-0.25, -0.2) is 9.37 Å². The third-order valence-electron chi connectivity index (χ3n) is 9.52. The zero-order chi connectivity index (χ0) is 32.5. The van der Waals surface area contributed by atoms with E-state index in [4.69, 9.17) is 9.72 Å². The number of ether oxygens (including phenoxy) is 1. The summed E-state index contributed by atoms with van der Waals surface area (Å²) < 4.78 is 20.8. The molecule has 4 aromatic heterocycles. The number of aromatic amines is 2. The van der Waals surface area contributed by atoms with E-state index in [1.54, 1.807) is 18.6 Å². The van der Waals surface area contributed by atoms with Gasteiger partial charge in [0, 0.05) is 41.2 Å². The van der Waals surface area contributed by atoms with Crippen LogP contribution in [0, 0.1) is 11.7 Å². The summed E-state index contributed by atoms with van der Waals surface area (Å²) in [7, 11) is 0. The van der Waals surface area contributed by atoms with Crippen molar-refractivity contribution in [3.8, 4) is 39.7 Å². The number of amides is 1. The van der Waals surface area contributed by atoms with Gasteiger partial charge in [-0.05, 0) is 74.7 Å². The Morgan fingerprint density at radius 2 is 1.83 bits per heavy atom. The fourth-order valence-electron chi connectivity index (χ4n) is 6.99. The van der Waals surface area contributed by atoms with Gasteiger partial charge in [-0.2, -0.15) is 5.10 Å². The number of pyridine rings is 2. The van der Waals surface area contributed by atoms with E-state index >= 15 is 0 Å². The van der Waals surface area contributed by atoms with Crippen molar-refractivity contribution in [2.24, 2.45) is 5.92 Å². The summed E-state index contributed by atoms with van der Waals surface area (Å²) in [6.07, 6.45) is 12.8. The van der Waals surface area contributed by atoms with Crippen LogP contribution in [0.4, 0.5) is 10.1 Å². The standard InChI is InChI=1S/C37H37FN8O2/c38-26-15-24(17-28(18-26)48-14-13-46-11-4-5-12-46)29-9-6-10-31-34(29)43-36(42-31)35-30-19-32(40-22-33(30)44-45-35)25-16-27(21-39-20-25)41-37(47)23-7-2-1-3-8-23/h6,9-10,15-23H,1-5,7-8,11-14H2,(H,41,47)(H,42,43)(H,44,45). The zero-order valence-corrected chi connectivity index (χ0v) is 26.6. The normalized spacial score (nSPS) is 15.8. The molecule has 3 N–H and O–H groups in total. The van der Waals surface area contributed by atoms with Crippen LogP contribution in [0.1, 0.15) is 44.9 Å². The molecule has 0 spiro atoms. The quantitative estimate of drug-likeness (QED) is 0.150. The SMILES string of the molecule is O=C(Nc1cncc(-c2cc3c(-c4nc5c(-c6cc(F)cc(OCCN7CCCC7)c6)cccc5[nH]4)n[nH]c3cn2)c1)C1CCCCC1. The van der Waals surface area contributed by atoms with Gasteiger partial charge >= 0.3 is 0 Å². The molecule has 2 aliphatic rings. The summed E-state index contributed by atoms with van der Waals surface area (Å²) in [5.41, 5.74) is 6.51. The van der Waals surface area contributed by atoms with Crippen LogP contribution < -0.4 is 10.1 Å². The van der Waals surface area contributed by atoms with Crippen LogP contribution in [0.5, 0.6) is 5.75 Å². The van der Waals surface area contributed by atoms with Crippen molar-refractivity contribution in [3.63, 3.8) is 0 Å². The number of fused-ring (bicyclic) bond motifs is 2. The molecule has 1 saturated carbocycles. The fraction of sp³-hybridized carbons (Fsp3) is 0.324. The van der Waals surface area contributed by atoms with Gasteiger partial charge in [0.25, 0.3) is 0 Å². The van der Waals surface area contributed by atoms with E-state index in [1.165, 1.54) is 31.4 Å². The number of rotatable bonds is 9. The number of para-hydroxylation sites is 1. The number of anilines is 1. The average Bonchev–Trinajstić information content (AvgIpc) is 3.88. The predicted molar refractivity (Wildman–Crippen MR) is 184 cm³/mol. The Morgan fingerprint density at radius 3 is 2.71 bits per heavy atom. The first-order chi connectivity index (χ1) is 23.6. The predicted octanol–water partition coefficient (Wildman–Crippen LogP) is 7.36. The van der Waals surface area contributed by atoms with Gasteiger partial charge in [0.05, 0.1) is 40.3 Å². The van der Waals surface area contributed by atoms with Crippen LogP contribution in [0.15, 0.2) is 67.1 Å². The van der Waals surface area contributed by atoms with Gasteiger partial charge in [0.15, 0.2) is 5.82 Å². The second kappa shape index (κ2) is 13.2. The second-order valence-electron chi connectivity index (χ2n) is 12.8. The van der Waals surface area contributed by atoms with Crippen LogP contribution >= 0.6 is 0 Å². The number of imidazole rings is 1. The first-order valence-corrected chi connectivity index (χ1v) is 16.8. The maximum Gasteiger partial charge on any atom is 0.227 e. The molecule has 0 radical (unpaired) electrons. The van der Waals surface area contributed by atoms with Crippen molar-refractivity contribution in [2.75, 3.05) is 31.6 Å². The molecular formula is C37H37FN8O2. The van der Waals surface area contributed by atoms with Crippen molar-refractivity contribution in [1.29, 1.82) is 0 Å². The summed E-state index contributed by atoms with van der Waals surface area (Å²) in [6, 6.07) is 14.5. The molecule has 244 valence electrons. The third-order valence-corrected chi connectivity index (χ3v) is 9.52. The molecule has 11 heteroatoms. The van der Waals surface area contributed by atoms with Gasteiger partial charge in [0.1, 0.15) is 23.9 Å². The lowest BCUT2D eigenvalue weighted by Crippen LogP contribution is -2.25. The number of halogens is 1. The Labute approximate surface area is 277 Å². The van der Waals surface area contributed by atoms with E-state index in [0.29, 0.717) is 46.3 Å². The van der Waals surface area contributed by atoms with Crippen LogP contribution in [0.25, 0.3) is 55.8 Å². The monoisotopic (exact) mass is 644 g/mol. The second-order valence-corrected chi connectivity index (χ2v) is 12.8. The number of nitrogens with zero attached hydrogens (tertiary/aromatic N) is 5. The van der Waals surface area contributed by atoms with Gasteiger partial charge in [-0.15, -0.1) is 0 Å². The molecule has 5 heterocycles. The molecule has 8 rings (SSSR count). The van der Waals surface area contributed by atoms with E-state index in [2.05, 4.69) is 35.4 Å². The Kier molecular flexibility index (Phi) is 8.27. The summed E-state index contributed by atoms with van der Waals surface area (Å²) in [4.78, 5) is 32.6. The van der Waals surface area contributed by atoms with E-state index in [-0.39, 0.29) is 17.6 Å². The molecule has 0 bridgehead atoms. The lowest BCUT2D eigenvalue weighted by molar-refractivity contribution is -0.120. The maximum atomic E-state index is 14.8. The van der Waals surface area contributed by atoms with Crippen molar-refractivity contribution in [1.82, 2.24) is 35.0 Å². The first kappa shape index (κ1) is 30.2. The Balaban J connectivity index is 1.07. The molecule has 0 unspecified atom stereocenters. The topological polar surface area (TPSA) is 125 Å². The van der Waals surface area contributed by atoms with Crippen LogP contribution in [-0.2, 0) is 4.79 Å². The van der Waals surface area contributed by atoms with E-state index < -0.39 is 0 Å². The highest BCUT2D eigenvalue weighted by molar-refractivity contribution is 5.98. The molecule has 0 atom stereocenters. The molecule has 10 nitrogen and oxygen atoms in total. The Hall–Kier alpha value is -5.16. The Bertz CT molecular complexity index is 2090. The molecule has 2 aromatic carbocycles. The summed E-state index contributed by atoms with van der Waals surface area (Å²) in [6.45, 7) is 3.53. The van der Waals surface area contributed by atoms with E-state index in [9.17, 15) is 9.18 Å². The van der Waals surface area contributed by atoms with Crippen LogP contribution in [0.2, 0.25) is 0 Å². The highest BCUT2D eigenvalue weighted by atomic mass is 19.1. The average molecular weight is 645 g/mol. The van der Waals surface area contributed by atoms with Crippen molar-refractivity contribution >= 4 is 33.5 Å². The van der Waals surface area contributed by atoms with Crippen LogP contribution in [0.3, 0.4) is 0 Å². The number of hydrogen-bond donors (Lipinski definition) is 3. The van der Waals surface area contributed by atoms with E-state index in [0.717, 1.165) is 72.9 Å². The Morgan fingerprint density at radius 1 is 0.958 bits per heavy atom. The molecule has 6 aromatic rings. The summed E-state index contributed by atoms with van der Waals surface area (Å²) in [5, 5.41) is 11.5. The number of H-pyrrole nitrogens is 2. The van der Waals surface area contributed by atoms with Crippen molar-refractivity contribution < 1.29 is 13.9 Å². The zero-order valence-electron chi connectivity index (χ0n) is 26.6. The minimum atomic E-state index is -0.359. The van der Waals surface area contributed by atoms with Gasteiger partial charge in [-0.1, -0.05) is 31.4 Å². The number of hydrogen-bond acceptors (Lipinski definition) is 7. The molecule has 48 heavy (non-hydrogen) atoms. The summed E-state index contributed by atoms with van der Waals surface area (Å²) >= 11 is 0. The smallest absolute Gasteiger partial charge is 0.227 e. The van der Waals surface area contributed by atoms with Crippen molar-refractivity contribution in [2.45, 2.75) is 44.9 Å². The maximum absolute atomic E-state index is 14.8. The molecule has 2 fully saturated rings. The van der Waals surface area contributed by atoms with Gasteiger partial charge in [-0.3, -0.25) is 24.8 Å². The summed E-state index contributed by atoms with van der Waals surface area (Å²) in [5.74, 6) is 0.823. The fourth-order valence-corrected chi connectivity index (χ4v) is 6.99. The number of carbonyl (C=O) groups is 1. The molecule has 1 saturated heterocycles. The van der Waals surface area contributed by atoms with Gasteiger partial charge < -0.3 is 15.0 Å². The number of carbonyl (C=O) groups excluding carboxylic acids is 1. The molecule has 1 aliphatic carbocycles. The lowest BCUT2D eigenvalue weighted by Gasteiger charge is -2.20. The molecular weight excluding hydrogens is 607 g/mol. The number of benzene rings is 2. The molecule has 1 amide bonds. The van der Waals surface area contributed by atoms with E-state index in [1.807, 2.05) is 36.4 Å². The number of nitrogens with one attached hydrogen (secondary N) is 3. The highest BCUT2D eigenvalue weighted by Gasteiger charge is 2.22. The molecule has 1 aliphatic heterocycles. The van der Waals surface area contributed by atoms with Gasteiger partial charge in [0.2, 0.25) is 5.91 Å². The largest absolute Gasteiger partial charge is 0.492 e. The lowest BCUT2D eigenvalue weighted by atomic mass is 9.88. The minimum Gasteiger partial charge on any atom is -0.492 e. The number of aromatic nitrogens is 6. The minimum absolute atomic E-state index is 0.0515. The highest BCUT2D eigenvalue weighted by Crippen LogP contribution is 2.34.